The Kier molecular flexibility index (Phi) is 5.61. The minimum absolute atomic E-state index is 0.0571. The molecule has 0 aromatic carbocycles. The van der Waals surface area contributed by atoms with Crippen molar-refractivity contribution in [3.05, 3.63) is 34.5 Å². The summed E-state index contributed by atoms with van der Waals surface area (Å²) in [4.78, 5) is 15.4. The van der Waals surface area contributed by atoms with Crippen LogP contribution in [0.1, 0.15) is 40.2 Å². The number of carbonyl (C=O) groups is 1. The summed E-state index contributed by atoms with van der Waals surface area (Å²) in [6.45, 7) is 9.58. The van der Waals surface area contributed by atoms with E-state index in [2.05, 4.69) is 4.98 Å². The first-order valence-electron chi connectivity index (χ1n) is 7.42. The van der Waals surface area contributed by atoms with Gasteiger partial charge in [-0.3, -0.25) is 4.79 Å². The minimum Gasteiger partial charge on any atom is -0.400 e. The Hall–Kier alpha value is -0.815. The molecule has 1 aliphatic heterocycles. The van der Waals surface area contributed by atoms with Crippen LogP contribution in [-0.2, 0) is 14.1 Å². The molecular weight excluding hydrogens is 333 g/mol. The topological polar surface area (TPSA) is 48.4 Å². The van der Waals surface area contributed by atoms with Gasteiger partial charge in [0.2, 0.25) is 0 Å². The smallest absolute Gasteiger partial charge is 0.400 e. The number of hydrogen-bond acceptors (Lipinski definition) is 5. The predicted molar refractivity (Wildman–Crippen MR) is 96.4 cm³/mol. The zero-order valence-electron chi connectivity index (χ0n) is 14.1. The third-order valence-corrected chi connectivity index (χ3v) is 5.21. The molecule has 1 aromatic rings. The lowest BCUT2D eigenvalue weighted by Crippen LogP contribution is -2.41. The molecule has 124 valence electrons. The molecular formula is C16H21BClNO3S. The van der Waals surface area contributed by atoms with Crippen LogP contribution in [0.4, 0.5) is 0 Å². The number of aromatic nitrogens is 1. The van der Waals surface area contributed by atoms with Gasteiger partial charge in [0.15, 0.2) is 5.12 Å². The summed E-state index contributed by atoms with van der Waals surface area (Å²) in [7, 11) is -0.484. The van der Waals surface area contributed by atoms with Gasteiger partial charge in [-0.05, 0) is 44.8 Å². The molecule has 0 N–H and O–H groups in total. The zero-order valence-corrected chi connectivity index (χ0v) is 15.6. The van der Waals surface area contributed by atoms with Gasteiger partial charge in [-0.2, -0.15) is 0 Å². The number of hydrogen-bond donors (Lipinski definition) is 0. The van der Waals surface area contributed by atoms with Crippen molar-refractivity contribution in [2.24, 2.45) is 0 Å². The average molecular weight is 354 g/mol. The third kappa shape index (κ3) is 4.60. The molecule has 1 fully saturated rings. The van der Waals surface area contributed by atoms with Gasteiger partial charge in [0.25, 0.3) is 0 Å². The summed E-state index contributed by atoms with van der Waals surface area (Å²) >= 11 is 7.06. The SMILES string of the molecule is CC(=O)SCC(=Cc1ccc(Cl)nc1)B1OC(C)(C)C(C)(C)O1. The fraction of sp³-hybridized carbons (Fsp3) is 0.500. The van der Waals surface area contributed by atoms with E-state index in [1.807, 2.05) is 39.8 Å². The highest BCUT2D eigenvalue weighted by atomic mass is 35.5. The number of halogens is 1. The second-order valence-corrected chi connectivity index (χ2v) is 8.04. The highest BCUT2D eigenvalue weighted by molar-refractivity contribution is 8.13. The van der Waals surface area contributed by atoms with Crippen LogP contribution in [0.25, 0.3) is 6.08 Å². The van der Waals surface area contributed by atoms with Gasteiger partial charge in [-0.25, -0.2) is 4.98 Å². The Labute approximate surface area is 147 Å². The third-order valence-electron chi connectivity index (χ3n) is 4.10. The lowest BCUT2D eigenvalue weighted by molar-refractivity contribution is -0.109. The van der Waals surface area contributed by atoms with E-state index in [-0.39, 0.29) is 5.12 Å². The monoisotopic (exact) mass is 353 g/mol. The van der Waals surface area contributed by atoms with E-state index in [0.29, 0.717) is 10.9 Å². The quantitative estimate of drug-likeness (QED) is 0.604. The minimum atomic E-state index is -0.484. The molecule has 2 rings (SSSR count). The Bertz CT molecular complexity index is 600. The summed E-state index contributed by atoms with van der Waals surface area (Å²) in [6, 6.07) is 3.60. The van der Waals surface area contributed by atoms with Crippen molar-refractivity contribution in [2.45, 2.75) is 45.8 Å². The highest BCUT2D eigenvalue weighted by Crippen LogP contribution is 2.39. The molecule has 7 heteroatoms. The molecule has 0 spiro atoms. The van der Waals surface area contributed by atoms with Crippen molar-refractivity contribution in [3.8, 4) is 0 Å². The fourth-order valence-corrected chi connectivity index (χ4v) is 2.74. The van der Waals surface area contributed by atoms with E-state index in [1.54, 1.807) is 19.2 Å². The summed E-state index contributed by atoms with van der Waals surface area (Å²) < 4.78 is 12.2. The summed E-state index contributed by atoms with van der Waals surface area (Å²) in [5.41, 5.74) is 0.947. The van der Waals surface area contributed by atoms with Crippen LogP contribution in [0, 0.1) is 0 Å². The van der Waals surface area contributed by atoms with E-state index >= 15 is 0 Å². The molecule has 4 nitrogen and oxygen atoms in total. The summed E-state index contributed by atoms with van der Waals surface area (Å²) in [5, 5.41) is 0.499. The molecule has 0 unspecified atom stereocenters. The maximum absolute atomic E-state index is 11.3. The average Bonchev–Trinajstić information content (AvgIpc) is 2.65. The van der Waals surface area contributed by atoms with Crippen LogP contribution in [0.5, 0.6) is 0 Å². The molecule has 1 aromatic heterocycles. The first-order chi connectivity index (χ1) is 10.6. The standard InChI is InChI=1S/C16H21BClNO3S/c1-11(20)23-10-13(8-12-6-7-14(18)19-9-12)17-21-15(2,3)16(4,5)22-17/h6-9H,10H2,1-5H3. The van der Waals surface area contributed by atoms with Gasteiger partial charge in [-0.15, -0.1) is 0 Å². The first kappa shape index (κ1) is 18.5. The number of nitrogens with zero attached hydrogens (tertiary/aromatic N) is 1. The highest BCUT2D eigenvalue weighted by Gasteiger charge is 2.52. The van der Waals surface area contributed by atoms with Gasteiger partial charge in [0.05, 0.1) is 11.2 Å². The Morgan fingerprint density at radius 3 is 2.39 bits per heavy atom. The van der Waals surface area contributed by atoms with Crippen LogP contribution in [-0.4, -0.2) is 34.2 Å². The van der Waals surface area contributed by atoms with Crippen molar-refractivity contribution in [1.82, 2.24) is 4.98 Å². The summed E-state index contributed by atoms with van der Waals surface area (Å²) in [5.74, 6) is 0.509. The Morgan fingerprint density at radius 1 is 1.30 bits per heavy atom. The first-order valence-corrected chi connectivity index (χ1v) is 8.78. The second-order valence-electron chi connectivity index (χ2n) is 6.50. The number of carbonyl (C=O) groups excluding carboxylic acids is 1. The maximum atomic E-state index is 11.3. The summed E-state index contributed by atoms with van der Waals surface area (Å²) in [6.07, 6.45) is 3.63. The molecule has 0 aliphatic carbocycles. The van der Waals surface area contributed by atoms with Crippen molar-refractivity contribution in [3.63, 3.8) is 0 Å². The van der Waals surface area contributed by atoms with Crippen LogP contribution in [0.15, 0.2) is 23.8 Å². The maximum Gasteiger partial charge on any atom is 0.491 e. The molecule has 0 radical (unpaired) electrons. The van der Waals surface area contributed by atoms with Gasteiger partial charge >= 0.3 is 7.12 Å². The molecule has 0 atom stereocenters. The van der Waals surface area contributed by atoms with E-state index in [9.17, 15) is 4.79 Å². The van der Waals surface area contributed by atoms with E-state index in [1.165, 1.54) is 11.8 Å². The normalized spacial score (nSPS) is 19.9. The van der Waals surface area contributed by atoms with Crippen LogP contribution in [0.2, 0.25) is 5.15 Å². The number of rotatable bonds is 4. The molecule has 1 saturated heterocycles. The lowest BCUT2D eigenvalue weighted by Gasteiger charge is -2.32. The zero-order chi connectivity index (χ0) is 17.3. The molecule has 2 heterocycles. The molecule has 0 amide bonds. The van der Waals surface area contributed by atoms with Crippen molar-refractivity contribution in [1.29, 1.82) is 0 Å². The van der Waals surface area contributed by atoms with Gasteiger partial charge in [0, 0.05) is 18.9 Å². The molecule has 1 aliphatic rings. The van der Waals surface area contributed by atoms with Crippen LogP contribution >= 0.6 is 23.4 Å². The number of pyridine rings is 1. The van der Waals surface area contributed by atoms with E-state index < -0.39 is 18.3 Å². The van der Waals surface area contributed by atoms with Crippen LogP contribution < -0.4 is 0 Å². The van der Waals surface area contributed by atoms with Crippen molar-refractivity contribution in [2.75, 3.05) is 5.75 Å². The fourth-order valence-electron chi connectivity index (χ4n) is 2.04. The lowest BCUT2D eigenvalue weighted by atomic mass is 9.78. The second kappa shape index (κ2) is 6.97. The molecule has 0 bridgehead atoms. The Morgan fingerprint density at radius 2 is 1.91 bits per heavy atom. The van der Waals surface area contributed by atoms with Gasteiger partial charge in [-0.1, -0.05) is 35.5 Å². The van der Waals surface area contributed by atoms with Crippen LogP contribution in [0.3, 0.4) is 0 Å². The van der Waals surface area contributed by atoms with E-state index in [4.69, 9.17) is 20.9 Å². The predicted octanol–water partition coefficient (Wildman–Crippen LogP) is 4.03. The number of thioether (sulfide) groups is 1. The largest absolute Gasteiger partial charge is 0.491 e. The van der Waals surface area contributed by atoms with Gasteiger partial charge < -0.3 is 9.31 Å². The van der Waals surface area contributed by atoms with Crippen molar-refractivity contribution >= 4 is 41.7 Å². The van der Waals surface area contributed by atoms with Crippen molar-refractivity contribution < 1.29 is 14.1 Å². The van der Waals surface area contributed by atoms with Gasteiger partial charge in [0.1, 0.15) is 5.15 Å². The molecule has 0 saturated carbocycles. The van der Waals surface area contributed by atoms with E-state index in [0.717, 1.165) is 11.0 Å². The Balaban J connectivity index is 2.28. The molecule has 23 heavy (non-hydrogen) atoms.